The highest BCUT2D eigenvalue weighted by molar-refractivity contribution is 7.00. The Morgan fingerprint density at radius 3 is 1.65 bits per heavy atom. The van der Waals surface area contributed by atoms with E-state index in [1.807, 2.05) is 0 Å². The zero-order valence-corrected chi connectivity index (χ0v) is 47.1. The zero-order chi connectivity index (χ0) is 54.1. The van der Waals surface area contributed by atoms with Crippen LogP contribution in [-0.2, 0) is 23.7 Å². The Hall–Kier alpha value is -8.34. The first-order valence-electron chi connectivity index (χ1n) is 29.3. The summed E-state index contributed by atoms with van der Waals surface area (Å²) in [7, 11) is 0. The smallest absolute Gasteiger partial charge is 0.252 e. The first-order chi connectivity index (χ1) is 38.9. The van der Waals surface area contributed by atoms with Gasteiger partial charge >= 0.3 is 0 Å². The molecule has 0 saturated heterocycles. The summed E-state index contributed by atoms with van der Waals surface area (Å²) in [4.78, 5) is 8.19. The van der Waals surface area contributed by atoms with Crippen molar-refractivity contribution in [2.45, 2.75) is 96.4 Å². The van der Waals surface area contributed by atoms with Gasteiger partial charge in [-0.3, -0.25) is 0 Å². The summed E-state index contributed by atoms with van der Waals surface area (Å²) in [6.07, 6.45) is 6.64. The molecule has 0 spiro atoms. The van der Waals surface area contributed by atoms with E-state index < -0.39 is 0 Å². The molecule has 2 atom stereocenters. The number of hydrogen-bond donors (Lipinski definition) is 0. The van der Waals surface area contributed by atoms with Crippen LogP contribution >= 0.6 is 0 Å². The lowest BCUT2D eigenvalue weighted by molar-refractivity contribution is 0.215. The number of benzene rings is 10. The van der Waals surface area contributed by atoms with Gasteiger partial charge in [-0.1, -0.05) is 223 Å². The maximum absolute atomic E-state index is 2.82. The van der Waals surface area contributed by atoms with Crippen molar-refractivity contribution >= 4 is 68.6 Å². The highest BCUT2D eigenvalue weighted by atomic mass is 15.3. The van der Waals surface area contributed by atoms with Crippen LogP contribution in [0.1, 0.15) is 95.0 Å². The normalized spacial score (nSPS) is 19.2. The molecule has 1 fully saturated rings. The van der Waals surface area contributed by atoms with Gasteiger partial charge in [-0.15, -0.1) is 0 Å². The van der Waals surface area contributed by atoms with Crippen LogP contribution < -0.4 is 31.1 Å². The number of para-hydroxylation sites is 1. The Kier molecular flexibility index (Phi) is 11.0. The second kappa shape index (κ2) is 18.1. The molecule has 2 aliphatic carbocycles. The summed E-state index contributed by atoms with van der Waals surface area (Å²) in [5.41, 5.74) is 28.0. The van der Waals surface area contributed by atoms with Crippen LogP contribution in [-0.4, -0.2) is 12.3 Å². The van der Waals surface area contributed by atoms with E-state index in [-0.39, 0.29) is 28.5 Å². The lowest BCUT2D eigenvalue weighted by Crippen LogP contribution is -2.62. The molecule has 80 heavy (non-hydrogen) atoms. The van der Waals surface area contributed by atoms with Gasteiger partial charge in [0.25, 0.3) is 6.71 Å². The van der Waals surface area contributed by atoms with Crippen molar-refractivity contribution in [3.05, 3.63) is 258 Å². The average molecular weight is 1030 g/mol. The molecular formula is C76H68BN3. The van der Waals surface area contributed by atoms with Crippen LogP contribution in [0, 0.1) is 5.41 Å². The van der Waals surface area contributed by atoms with Crippen LogP contribution in [0.25, 0.3) is 33.4 Å². The van der Waals surface area contributed by atoms with Gasteiger partial charge in [-0.05, 0) is 170 Å². The van der Waals surface area contributed by atoms with Gasteiger partial charge in [0.05, 0.1) is 11.2 Å². The fourth-order valence-corrected chi connectivity index (χ4v) is 15.6. The van der Waals surface area contributed by atoms with Crippen LogP contribution in [0.4, 0.5) is 45.5 Å². The third kappa shape index (κ3) is 7.40. The van der Waals surface area contributed by atoms with Crippen molar-refractivity contribution < 1.29 is 0 Å². The van der Waals surface area contributed by atoms with E-state index >= 15 is 0 Å². The highest BCUT2D eigenvalue weighted by Crippen LogP contribution is 2.64. The topological polar surface area (TPSA) is 9.72 Å². The van der Waals surface area contributed by atoms with Crippen molar-refractivity contribution in [2.75, 3.05) is 14.7 Å². The molecule has 0 amide bonds. The summed E-state index contributed by atoms with van der Waals surface area (Å²) < 4.78 is 0. The molecule has 0 N–H and O–H groups in total. The third-order valence-corrected chi connectivity index (χ3v) is 19.2. The van der Waals surface area contributed by atoms with E-state index in [9.17, 15) is 0 Å². The first-order valence-corrected chi connectivity index (χ1v) is 29.3. The van der Waals surface area contributed by atoms with Gasteiger partial charge < -0.3 is 14.7 Å². The lowest BCUT2D eigenvalue weighted by atomic mass is 9.33. The van der Waals surface area contributed by atoms with Crippen LogP contribution in [0.15, 0.2) is 231 Å². The second-order valence-corrected chi connectivity index (χ2v) is 25.7. The molecule has 10 aromatic rings. The van der Waals surface area contributed by atoms with Crippen LogP contribution in [0.3, 0.4) is 0 Å². The van der Waals surface area contributed by atoms with Crippen molar-refractivity contribution in [2.24, 2.45) is 5.41 Å². The van der Waals surface area contributed by atoms with Crippen LogP contribution in [0.2, 0.25) is 0 Å². The molecule has 0 aromatic heterocycles. The van der Waals surface area contributed by atoms with E-state index in [2.05, 4.69) is 287 Å². The molecule has 4 heteroatoms. The molecule has 3 aliphatic heterocycles. The third-order valence-electron chi connectivity index (χ3n) is 19.2. The minimum Gasteiger partial charge on any atom is -0.334 e. The summed E-state index contributed by atoms with van der Waals surface area (Å²) in [6, 6.07) is 88.7. The molecular weight excluding hydrogens is 966 g/mol. The summed E-state index contributed by atoms with van der Waals surface area (Å²) in [5, 5.41) is 0. The molecule has 0 radical (unpaired) electrons. The van der Waals surface area contributed by atoms with Crippen LogP contribution in [0.5, 0.6) is 0 Å². The molecule has 3 nitrogen and oxygen atoms in total. The summed E-state index contributed by atoms with van der Waals surface area (Å²) in [6.45, 7) is 14.5. The largest absolute Gasteiger partial charge is 0.334 e. The molecule has 10 aromatic carbocycles. The number of anilines is 8. The van der Waals surface area contributed by atoms with Crippen molar-refractivity contribution in [3.8, 4) is 33.4 Å². The zero-order valence-electron chi connectivity index (χ0n) is 47.1. The molecule has 5 aliphatic rings. The van der Waals surface area contributed by atoms with E-state index in [0.717, 1.165) is 31.4 Å². The molecule has 2 unspecified atom stereocenters. The van der Waals surface area contributed by atoms with E-state index in [1.165, 1.54) is 130 Å². The molecule has 15 rings (SSSR count). The van der Waals surface area contributed by atoms with Gasteiger partial charge in [0, 0.05) is 50.8 Å². The Morgan fingerprint density at radius 1 is 0.412 bits per heavy atom. The standard InChI is InChI=1S/C76H68BN3/c1-73(2,3)59-36-40-66(62(46-59)54-27-15-9-16-28-54)79-69-45-57-50-74(4,5)49-56(57)44-65(69)77-64-43-55(52-25-13-8-14-26-52)35-39-68(64)78(60-37-33-53(34-38-60)51-23-11-7-12-24-51)70-47-61(48-71(79)72(70)77)80-67-32-20-19-31-63(67)76(58-29-17-10-18-30-58)42-22-21-41-75(76,80)6/h7-20,23-40,43-48H,21-22,41-42,49-50H2,1-6H3. The van der Waals surface area contributed by atoms with Gasteiger partial charge in [-0.2, -0.15) is 0 Å². The van der Waals surface area contributed by atoms with E-state index in [4.69, 9.17) is 0 Å². The number of nitrogens with zero attached hydrogens (tertiary/aromatic N) is 3. The molecule has 1 saturated carbocycles. The Labute approximate surface area is 474 Å². The Bertz CT molecular complexity index is 4050. The fraction of sp³-hybridized carbons (Fsp3) is 0.211. The molecule has 3 heterocycles. The first kappa shape index (κ1) is 48.8. The minimum absolute atomic E-state index is 0.0543. The monoisotopic (exact) mass is 1030 g/mol. The van der Waals surface area contributed by atoms with Gasteiger partial charge in [0.2, 0.25) is 0 Å². The summed E-state index contributed by atoms with van der Waals surface area (Å²) in [5.74, 6) is 0. The minimum atomic E-state index is -0.274. The quantitative estimate of drug-likeness (QED) is 0.147. The van der Waals surface area contributed by atoms with Crippen molar-refractivity contribution in [1.82, 2.24) is 0 Å². The number of fused-ring (bicyclic) bond motifs is 8. The van der Waals surface area contributed by atoms with Crippen molar-refractivity contribution in [1.29, 1.82) is 0 Å². The van der Waals surface area contributed by atoms with E-state index in [0.29, 0.717) is 0 Å². The number of rotatable bonds is 7. The van der Waals surface area contributed by atoms with Gasteiger partial charge in [0.15, 0.2) is 0 Å². The Morgan fingerprint density at radius 2 is 0.963 bits per heavy atom. The van der Waals surface area contributed by atoms with Gasteiger partial charge in [-0.25, -0.2) is 0 Å². The maximum Gasteiger partial charge on any atom is 0.252 e. The van der Waals surface area contributed by atoms with E-state index in [1.54, 1.807) is 0 Å². The molecule has 390 valence electrons. The van der Waals surface area contributed by atoms with Gasteiger partial charge in [0.1, 0.15) is 0 Å². The average Bonchev–Trinajstić information content (AvgIpc) is 4.00. The highest BCUT2D eigenvalue weighted by Gasteiger charge is 2.61. The summed E-state index contributed by atoms with van der Waals surface area (Å²) >= 11 is 0. The SMILES string of the molecule is CC1(C)Cc2cc3c(cc2C1)N(c1ccc(C(C)(C)C)cc1-c1ccccc1)c1cc(N2c4ccccc4C4(c5ccccc5)CCCCC24C)cc2c1B3c1cc(-c3ccccc3)ccc1N2c1ccc(-c2ccccc2)cc1. The predicted octanol–water partition coefficient (Wildman–Crippen LogP) is 18.0. The predicted molar refractivity (Wildman–Crippen MR) is 339 cm³/mol. The second-order valence-electron chi connectivity index (χ2n) is 25.7. The molecule has 0 bridgehead atoms. The maximum atomic E-state index is 2.82. The lowest BCUT2D eigenvalue weighted by Gasteiger charge is -2.53. The fourth-order valence-electron chi connectivity index (χ4n) is 15.6. The Balaban J connectivity index is 1.08. The van der Waals surface area contributed by atoms with Crippen molar-refractivity contribution in [3.63, 3.8) is 0 Å². The number of hydrogen-bond acceptors (Lipinski definition) is 3.